The first-order valence-electron chi connectivity index (χ1n) is 10.6. The van der Waals surface area contributed by atoms with Gasteiger partial charge in [-0.1, -0.05) is 86.8 Å². The van der Waals surface area contributed by atoms with Crippen LogP contribution in [0.15, 0.2) is 107 Å². The van der Waals surface area contributed by atoms with E-state index >= 15 is 0 Å². The Bertz CT molecular complexity index is 1130. The van der Waals surface area contributed by atoms with Crippen LogP contribution >= 0.6 is 7.92 Å². The molecule has 2 aromatic carbocycles. The van der Waals surface area contributed by atoms with Crippen molar-refractivity contribution < 1.29 is 21.8 Å². The maximum atomic E-state index is 6.03. The molecule has 5 rings (SSSR count). The molecular weight excluding hydrogens is 465 g/mol. The number of allylic oxidation sites excluding steroid dienone is 3. The van der Waals surface area contributed by atoms with Crippen molar-refractivity contribution in [1.82, 2.24) is 0 Å². The fourth-order valence-corrected chi connectivity index (χ4v) is 5.81. The molecule has 1 aliphatic heterocycles. The minimum absolute atomic E-state index is 0. The van der Waals surface area contributed by atoms with Crippen molar-refractivity contribution in [1.29, 1.82) is 0 Å². The molecule has 0 amide bonds. The predicted molar refractivity (Wildman–Crippen MR) is 132 cm³/mol. The summed E-state index contributed by atoms with van der Waals surface area (Å²) in [5.41, 5.74) is 12.0. The van der Waals surface area contributed by atoms with Crippen molar-refractivity contribution in [2.45, 2.75) is 26.8 Å². The summed E-state index contributed by atoms with van der Waals surface area (Å²) in [6, 6.07) is 21.6. The minimum atomic E-state index is -0.680. The van der Waals surface area contributed by atoms with Gasteiger partial charge in [-0.3, -0.25) is 11.5 Å². The van der Waals surface area contributed by atoms with Crippen molar-refractivity contribution in [3.05, 3.63) is 130 Å². The Morgan fingerprint density at radius 3 is 2.06 bits per heavy atom. The summed E-state index contributed by atoms with van der Waals surface area (Å²) < 4.78 is 6.03. The molecule has 2 aromatic rings. The van der Waals surface area contributed by atoms with Crippen LogP contribution in [0.4, 0.5) is 0 Å². The third kappa shape index (κ3) is 6.37. The number of ether oxygens (including phenoxy) is 1. The van der Waals surface area contributed by atoms with Crippen molar-refractivity contribution in [3.63, 3.8) is 0 Å². The van der Waals surface area contributed by atoms with E-state index in [4.69, 9.17) is 10.1 Å². The van der Waals surface area contributed by atoms with Crippen molar-refractivity contribution in [2.24, 2.45) is 5.41 Å². The van der Waals surface area contributed by atoms with Gasteiger partial charge < -0.3 is 10.1 Å². The molecule has 0 saturated carbocycles. The monoisotopic (exact) mass is 489 g/mol. The average Bonchev–Trinajstić information content (AvgIpc) is 3.58. The summed E-state index contributed by atoms with van der Waals surface area (Å²) in [5.74, 6) is 0. The van der Waals surface area contributed by atoms with Gasteiger partial charge in [0.25, 0.3) is 0 Å². The number of rotatable bonds is 4. The second-order valence-electron chi connectivity index (χ2n) is 8.50. The molecule has 2 radical (unpaired) electrons. The second-order valence-corrected chi connectivity index (χ2v) is 10.7. The molecule has 4 heteroatoms. The number of benzene rings is 2. The van der Waals surface area contributed by atoms with Gasteiger partial charge in [0.1, 0.15) is 0 Å². The van der Waals surface area contributed by atoms with Gasteiger partial charge in [0.2, 0.25) is 0 Å². The molecule has 0 unspecified atom stereocenters. The summed E-state index contributed by atoms with van der Waals surface area (Å²) in [6.45, 7) is 7.28. The molecule has 164 valence electrons. The fraction of sp³-hybridized carbons (Fsp3) is 0.207. The van der Waals surface area contributed by atoms with E-state index in [-0.39, 0.29) is 28.5 Å². The molecule has 0 N–H and O–H groups in total. The topological polar surface area (TPSA) is 23.3 Å². The molecule has 1 atom stereocenters. The van der Waals surface area contributed by atoms with Crippen molar-refractivity contribution >= 4 is 18.5 Å². The summed E-state index contributed by atoms with van der Waals surface area (Å²) >= 11 is 0. The summed E-state index contributed by atoms with van der Waals surface area (Å²) in [7, 11) is -0.680. The molecular formula is C29H24FeNOP. The first-order chi connectivity index (χ1) is 15.5. The van der Waals surface area contributed by atoms with Crippen LogP contribution in [0.3, 0.4) is 0 Å². The smallest absolute Gasteiger partial charge is 0.623 e. The number of nitrogens with zero attached hydrogens (tertiary/aromatic N) is 1. The fourth-order valence-electron chi connectivity index (χ4n) is 3.41. The van der Waals surface area contributed by atoms with Gasteiger partial charge in [0, 0.05) is 18.4 Å². The van der Waals surface area contributed by atoms with Gasteiger partial charge in [-0.25, -0.2) is 5.73 Å². The Kier molecular flexibility index (Phi) is 8.94. The van der Waals surface area contributed by atoms with Gasteiger partial charge in [-0.15, -0.1) is 23.9 Å². The first-order valence-corrected chi connectivity index (χ1v) is 11.9. The van der Waals surface area contributed by atoms with Crippen LogP contribution in [-0.2, 0) is 21.8 Å². The third-order valence-corrected chi connectivity index (χ3v) is 7.66. The molecule has 33 heavy (non-hydrogen) atoms. The maximum absolute atomic E-state index is 6.03. The van der Waals surface area contributed by atoms with Gasteiger partial charge in [0.05, 0.1) is 0 Å². The average molecular weight is 489 g/mol. The van der Waals surface area contributed by atoms with Crippen LogP contribution in [0.1, 0.15) is 20.8 Å². The minimum Gasteiger partial charge on any atom is -0.623 e. The maximum Gasteiger partial charge on any atom is 2.00 e. The van der Waals surface area contributed by atoms with Gasteiger partial charge in [0.15, 0.2) is 0 Å². The Morgan fingerprint density at radius 2 is 1.61 bits per heavy atom. The quantitative estimate of drug-likeness (QED) is 0.223. The zero-order valence-electron chi connectivity index (χ0n) is 18.9. The van der Waals surface area contributed by atoms with Crippen LogP contribution in [0, 0.1) is 23.8 Å². The zero-order valence-corrected chi connectivity index (χ0v) is 20.9. The number of hydrogen-bond acceptors (Lipinski definition) is 1. The molecule has 2 nitrogen and oxygen atoms in total. The largest absolute Gasteiger partial charge is 2.00 e. The van der Waals surface area contributed by atoms with Gasteiger partial charge >= 0.3 is 17.1 Å². The molecule has 1 fully saturated rings. The Balaban J connectivity index is 0.000000453. The van der Waals surface area contributed by atoms with E-state index in [2.05, 4.69) is 123 Å². The zero-order chi connectivity index (χ0) is 22.4. The molecule has 0 spiro atoms. The van der Waals surface area contributed by atoms with E-state index in [1.807, 2.05) is 6.08 Å². The standard InChI is InChI=1S/C24H24NOP.C5.Fe/c1-24(2,3)22-17-26-23(25-22)20-15-10-16-21(20)27(18-11-6-4-7-12-18)19-13-8-5-9-14-19;1-2-4-5-3-1;/h4-14,16,22H,17H2,1-3H3;;/q2*-1;+2/t22-;;/m1../s1. The van der Waals surface area contributed by atoms with Crippen molar-refractivity contribution in [2.75, 3.05) is 6.61 Å². The van der Waals surface area contributed by atoms with E-state index < -0.39 is 7.92 Å². The molecule has 1 saturated heterocycles. The summed E-state index contributed by atoms with van der Waals surface area (Å²) in [5, 5.41) is 8.81. The van der Waals surface area contributed by atoms with E-state index in [0.29, 0.717) is 6.61 Å². The van der Waals surface area contributed by atoms with Crippen LogP contribution in [0.2, 0.25) is 0 Å². The van der Waals surface area contributed by atoms with Gasteiger partial charge in [-0.05, 0) is 36.0 Å². The summed E-state index contributed by atoms with van der Waals surface area (Å²) in [4.78, 5) is 0. The van der Waals surface area contributed by atoms with Crippen LogP contribution < -0.4 is 10.6 Å². The Morgan fingerprint density at radius 1 is 0.970 bits per heavy atom. The molecule has 2 aliphatic carbocycles. The Labute approximate surface area is 209 Å². The van der Waals surface area contributed by atoms with E-state index in [1.165, 1.54) is 15.9 Å². The molecule has 0 bridgehead atoms. The van der Waals surface area contributed by atoms with Crippen LogP contribution in [0.25, 0.3) is 5.32 Å². The number of hydrogen-bond donors (Lipinski definition) is 0. The second kappa shape index (κ2) is 11.7. The third-order valence-electron chi connectivity index (χ3n) is 5.17. The molecule has 0 aromatic heterocycles. The Hall–Kier alpha value is -2.35. The van der Waals surface area contributed by atoms with Crippen LogP contribution in [-0.4, -0.2) is 12.6 Å². The van der Waals surface area contributed by atoms with E-state index in [0.717, 1.165) is 11.8 Å². The summed E-state index contributed by atoms with van der Waals surface area (Å²) in [6.07, 6.45) is 9.92. The van der Waals surface area contributed by atoms with E-state index in [1.54, 1.807) is 0 Å². The van der Waals surface area contributed by atoms with Crippen molar-refractivity contribution in [3.8, 4) is 0 Å². The van der Waals surface area contributed by atoms with Gasteiger partial charge in [-0.2, -0.15) is 0 Å². The van der Waals surface area contributed by atoms with Crippen LogP contribution in [0.5, 0.6) is 0 Å². The molecule has 1 heterocycles. The first kappa shape index (κ1) is 25.3. The SMILES string of the molecule is CC(C)(C)[C@H]1CO[C](C2=C=CC=C2P(c2ccccc2)c2ccccc2)[N-]1.[C]1=C=C=C=[C-]1.[Fe+2]. The van der Waals surface area contributed by atoms with E-state index in [9.17, 15) is 0 Å². The molecule has 3 aliphatic rings. The normalized spacial score (nSPS) is 18.2. The predicted octanol–water partition coefficient (Wildman–Crippen LogP) is 6.03.